The Bertz CT molecular complexity index is 1250. The van der Waals surface area contributed by atoms with Crippen molar-refractivity contribution in [2.75, 3.05) is 5.73 Å². The van der Waals surface area contributed by atoms with E-state index in [9.17, 15) is 5.26 Å². The Hall–Kier alpha value is -3.62. The van der Waals surface area contributed by atoms with Gasteiger partial charge in [-0.25, -0.2) is 4.98 Å². The smallest absolute Gasteiger partial charge is 0.142 e. The Kier molecular flexibility index (Phi) is 6.01. The number of nitrogens with two attached hydrogens (primary N) is 1. The summed E-state index contributed by atoms with van der Waals surface area (Å²) in [5, 5.41) is 9.75. The Morgan fingerprint density at radius 1 is 0.935 bits per heavy atom. The molecule has 0 bridgehead atoms. The molecule has 0 aliphatic carbocycles. The van der Waals surface area contributed by atoms with Gasteiger partial charge in [-0.3, -0.25) is 0 Å². The van der Waals surface area contributed by atoms with Crippen molar-refractivity contribution in [1.82, 2.24) is 4.98 Å². The van der Waals surface area contributed by atoms with Crippen molar-refractivity contribution in [3.8, 4) is 34.2 Å². The molecule has 1 aromatic heterocycles. The van der Waals surface area contributed by atoms with Gasteiger partial charge in [-0.1, -0.05) is 70.5 Å². The van der Waals surface area contributed by atoms with Crippen LogP contribution in [0, 0.1) is 18.3 Å². The highest BCUT2D eigenvalue weighted by molar-refractivity contribution is 9.10. The van der Waals surface area contributed by atoms with E-state index in [0.717, 1.165) is 43.7 Å². The fourth-order valence-electron chi connectivity index (χ4n) is 3.52. The number of anilines is 1. The number of nitrogen functional groups attached to an aromatic ring is 1. The molecule has 0 fully saturated rings. The van der Waals surface area contributed by atoms with E-state index in [1.807, 2.05) is 85.8 Å². The summed E-state index contributed by atoms with van der Waals surface area (Å²) in [7, 11) is 0. The summed E-state index contributed by atoms with van der Waals surface area (Å²) >= 11 is 3.46. The monoisotopic (exact) mass is 469 g/mol. The molecule has 0 saturated carbocycles. The van der Waals surface area contributed by atoms with Gasteiger partial charge in [0.2, 0.25) is 0 Å². The Morgan fingerprint density at radius 2 is 1.58 bits per heavy atom. The lowest BCUT2D eigenvalue weighted by Crippen LogP contribution is -2.03. The van der Waals surface area contributed by atoms with Gasteiger partial charge in [0.1, 0.15) is 29.8 Å². The molecule has 4 nitrogen and oxygen atoms in total. The predicted octanol–water partition coefficient (Wildman–Crippen LogP) is 6.52. The van der Waals surface area contributed by atoms with Gasteiger partial charge >= 0.3 is 0 Å². The summed E-state index contributed by atoms with van der Waals surface area (Å²) in [6.07, 6.45) is 0. The molecule has 0 spiro atoms. The molecule has 4 aromatic rings. The van der Waals surface area contributed by atoms with Crippen LogP contribution in [0.2, 0.25) is 0 Å². The molecule has 0 saturated heterocycles. The van der Waals surface area contributed by atoms with Gasteiger partial charge < -0.3 is 10.5 Å². The largest absolute Gasteiger partial charge is 0.489 e. The third-order valence-electron chi connectivity index (χ3n) is 5.09. The second kappa shape index (κ2) is 9.03. The van der Waals surface area contributed by atoms with Crippen molar-refractivity contribution < 1.29 is 4.74 Å². The molecule has 31 heavy (non-hydrogen) atoms. The Balaban J connectivity index is 1.69. The normalized spacial score (nSPS) is 10.5. The highest BCUT2D eigenvalue weighted by atomic mass is 79.9. The van der Waals surface area contributed by atoms with Crippen molar-refractivity contribution in [1.29, 1.82) is 5.26 Å². The molecule has 0 radical (unpaired) electrons. The maximum Gasteiger partial charge on any atom is 0.142 e. The molecule has 4 rings (SSSR count). The maximum absolute atomic E-state index is 9.75. The summed E-state index contributed by atoms with van der Waals surface area (Å²) in [6, 6.07) is 27.9. The van der Waals surface area contributed by atoms with Gasteiger partial charge in [-0.05, 0) is 47.9 Å². The molecule has 152 valence electrons. The van der Waals surface area contributed by atoms with Crippen molar-refractivity contribution in [3.05, 3.63) is 100 Å². The highest BCUT2D eigenvalue weighted by Gasteiger charge is 2.18. The maximum atomic E-state index is 9.75. The van der Waals surface area contributed by atoms with Crippen LogP contribution in [0.4, 0.5) is 5.82 Å². The first-order valence-electron chi connectivity index (χ1n) is 9.80. The number of benzene rings is 3. The van der Waals surface area contributed by atoms with Gasteiger partial charge in [-0.2, -0.15) is 5.26 Å². The predicted molar refractivity (Wildman–Crippen MR) is 127 cm³/mol. The Morgan fingerprint density at radius 3 is 2.23 bits per heavy atom. The molecule has 0 aliphatic rings. The zero-order valence-electron chi connectivity index (χ0n) is 17.0. The highest BCUT2D eigenvalue weighted by Crippen LogP contribution is 2.36. The fourth-order valence-corrected chi connectivity index (χ4v) is 3.78. The first-order chi connectivity index (χ1) is 15.1. The molecule has 1 heterocycles. The summed E-state index contributed by atoms with van der Waals surface area (Å²) in [6.45, 7) is 2.47. The topological polar surface area (TPSA) is 71.9 Å². The molecule has 0 amide bonds. The van der Waals surface area contributed by atoms with E-state index >= 15 is 0 Å². The minimum atomic E-state index is 0.227. The summed E-state index contributed by atoms with van der Waals surface area (Å²) in [5.74, 6) is 0.990. The van der Waals surface area contributed by atoms with Gasteiger partial charge in [0, 0.05) is 15.6 Å². The molecule has 2 N–H and O–H groups in total. The minimum Gasteiger partial charge on any atom is -0.489 e. The number of nitriles is 1. The van der Waals surface area contributed by atoms with E-state index in [1.165, 1.54) is 0 Å². The van der Waals surface area contributed by atoms with Crippen molar-refractivity contribution >= 4 is 21.7 Å². The number of nitrogens with zero attached hydrogens (tertiary/aromatic N) is 2. The van der Waals surface area contributed by atoms with Gasteiger partial charge in [0.25, 0.3) is 0 Å². The van der Waals surface area contributed by atoms with E-state index in [2.05, 4.69) is 27.0 Å². The van der Waals surface area contributed by atoms with Crippen LogP contribution >= 0.6 is 15.9 Å². The first-order valence-corrected chi connectivity index (χ1v) is 10.6. The van der Waals surface area contributed by atoms with Crippen LogP contribution in [0.5, 0.6) is 5.75 Å². The van der Waals surface area contributed by atoms with Gasteiger partial charge in [0.05, 0.1) is 5.69 Å². The van der Waals surface area contributed by atoms with Gasteiger partial charge in [0.15, 0.2) is 0 Å². The van der Waals surface area contributed by atoms with E-state index < -0.39 is 0 Å². The van der Waals surface area contributed by atoms with Crippen LogP contribution in [0.25, 0.3) is 22.4 Å². The number of rotatable bonds is 5. The van der Waals surface area contributed by atoms with Crippen LogP contribution in [0.15, 0.2) is 83.3 Å². The second-order valence-corrected chi connectivity index (χ2v) is 8.05. The number of ether oxygens (including phenoxy) is 1. The average molecular weight is 470 g/mol. The van der Waals surface area contributed by atoms with E-state index in [0.29, 0.717) is 12.2 Å². The third-order valence-corrected chi connectivity index (χ3v) is 5.62. The quantitative estimate of drug-likeness (QED) is 0.361. The summed E-state index contributed by atoms with van der Waals surface area (Å²) < 4.78 is 6.88. The van der Waals surface area contributed by atoms with Crippen LogP contribution in [0.1, 0.15) is 16.7 Å². The lowest BCUT2D eigenvalue weighted by molar-refractivity contribution is 0.306. The zero-order valence-corrected chi connectivity index (χ0v) is 18.6. The summed E-state index contributed by atoms with van der Waals surface area (Å²) in [5.41, 5.74) is 12.0. The summed E-state index contributed by atoms with van der Waals surface area (Å²) in [4.78, 5) is 4.53. The van der Waals surface area contributed by atoms with Crippen molar-refractivity contribution in [2.45, 2.75) is 13.5 Å². The number of pyridine rings is 1. The van der Waals surface area contributed by atoms with Crippen LogP contribution in [0.3, 0.4) is 0 Å². The molecular formula is C26H20BrN3O. The van der Waals surface area contributed by atoms with Crippen LogP contribution in [-0.4, -0.2) is 4.98 Å². The standard InChI is InChI=1S/C26H20BrN3O/c1-17-24(19-9-13-22(14-10-19)31-16-18-5-3-2-4-6-18)23(15-28)26(29)30-25(17)20-7-11-21(27)12-8-20/h2-14H,16H2,1H3,(H2,29,30). The fraction of sp³-hybridized carbons (Fsp3) is 0.0769. The number of halogens is 1. The second-order valence-electron chi connectivity index (χ2n) is 7.14. The van der Waals surface area contributed by atoms with Crippen LogP contribution in [-0.2, 0) is 6.61 Å². The van der Waals surface area contributed by atoms with Crippen molar-refractivity contribution in [3.63, 3.8) is 0 Å². The Labute approximate surface area is 190 Å². The van der Waals surface area contributed by atoms with Gasteiger partial charge in [-0.15, -0.1) is 0 Å². The number of aromatic nitrogens is 1. The molecule has 0 unspecified atom stereocenters. The lowest BCUT2D eigenvalue weighted by atomic mass is 9.93. The third kappa shape index (κ3) is 4.45. The number of hydrogen-bond donors (Lipinski definition) is 1. The van der Waals surface area contributed by atoms with E-state index in [1.54, 1.807) is 0 Å². The molecule has 0 aliphatic heterocycles. The lowest BCUT2D eigenvalue weighted by Gasteiger charge is -2.15. The minimum absolute atomic E-state index is 0.227. The number of hydrogen-bond acceptors (Lipinski definition) is 4. The molecule has 5 heteroatoms. The first kappa shape index (κ1) is 20.6. The molecule has 3 aromatic carbocycles. The average Bonchev–Trinajstić information content (AvgIpc) is 2.80. The van der Waals surface area contributed by atoms with Crippen LogP contribution < -0.4 is 10.5 Å². The van der Waals surface area contributed by atoms with E-state index in [-0.39, 0.29) is 5.82 Å². The van der Waals surface area contributed by atoms with E-state index in [4.69, 9.17) is 10.5 Å². The zero-order chi connectivity index (χ0) is 21.8. The SMILES string of the molecule is Cc1c(-c2ccc(Br)cc2)nc(N)c(C#N)c1-c1ccc(OCc2ccccc2)cc1. The van der Waals surface area contributed by atoms with Crippen molar-refractivity contribution in [2.24, 2.45) is 0 Å². The molecular weight excluding hydrogens is 450 g/mol. The molecule has 0 atom stereocenters.